The molecule has 0 aliphatic rings. The fourth-order valence-electron chi connectivity index (χ4n) is 10.4. The molecule has 0 spiro atoms. The van der Waals surface area contributed by atoms with Gasteiger partial charge in [-0.2, -0.15) is 0 Å². The second-order valence-electron chi connectivity index (χ2n) is 25.4. The summed E-state index contributed by atoms with van der Waals surface area (Å²) in [7, 11) is 1.19. The quantitative estimate of drug-likeness (QED) is 0.0212. The van der Waals surface area contributed by atoms with Gasteiger partial charge in [0.1, 0.15) is 19.3 Å². The third-order valence-corrected chi connectivity index (χ3v) is 16.9. The highest BCUT2D eigenvalue weighted by Crippen LogP contribution is 2.38. The van der Waals surface area contributed by atoms with Crippen molar-refractivity contribution < 1.29 is 37.3 Å². The largest absolute Gasteiger partial charge is 0.756 e. The molecule has 10 heteroatoms. The summed E-state index contributed by atoms with van der Waals surface area (Å²) >= 11 is 0. The Kier molecular flexibility index (Phi) is 61.0. The van der Waals surface area contributed by atoms with Crippen LogP contribution in [0.15, 0.2) is 60.8 Å². The van der Waals surface area contributed by atoms with Gasteiger partial charge in [-0.15, -0.1) is 0 Å². The van der Waals surface area contributed by atoms with Crippen molar-refractivity contribution in [3.63, 3.8) is 0 Å². The molecule has 3 unspecified atom stereocenters. The fraction of sp³-hybridized carbons (Fsp3) is 0.836. The van der Waals surface area contributed by atoms with Gasteiger partial charge in [-0.3, -0.25) is 14.2 Å². The van der Waals surface area contributed by atoms with Gasteiger partial charge in [0, 0.05) is 12.8 Å². The molecule has 0 aromatic carbocycles. The van der Waals surface area contributed by atoms with Crippen LogP contribution in [-0.4, -0.2) is 69.4 Å². The predicted octanol–water partition coefficient (Wildman–Crippen LogP) is 21.9. The van der Waals surface area contributed by atoms with Crippen molar-refractivity contribution in [2.75, 3.05) is 40.9 Å². The number of nitrogens with zero attached hydrogens (tertiary/aromatic N) is 1. The average Bonchev–Trinajstić information content (AvgIpc) is 3.51. The predicted molar refractivity (Wildman–Crippen MR) is 358 cm³/mol. The molecule has 0 radical (unpaired) electrons. The Hall–Kier alpha value is -2.29. The Balaban J connectivity index is 5.03. The molecular formula is C73H137N2O7P. The van der Waals surface area contributed by atoms with Crippen LogP contribution in [0.3, 0.4) is 0 Å². The highest BCUT2D eigenvalue weighted by atomic mass is 31.2. The standard InChI is InChI=1S/C73H137N2O7P/c1-7-10-13-16-19-22-25-27-29-31-33-35-37-39-41-43-45-47-50-53-56-59-62-65-72(76)74-70(69-81-83(78,79)80-68-67-75(4,5)6)71(64-61-58-55-52-49-24-21-18-15-12-9-3)82-73(77)66-63-60-57-54-51-48-46-44-42-40-38-36-34-32-30-28-26-23-20-17-14-11-8-2/h19,22,27-30,33,35,61,64,70-71H,7-18,20-21,23-26,31-32,34,36-60,62-63,65-69H2,1-6H3,(H-,74,76,78,79)/b22-19-,29-27-,30-28+,35-33-,64-61+. The van der Waals surface area contributed by atoms with E-state index in [-0.39, 0.29) is 31.5 Å². The first-order valence-electron chi connectivity index (χ1n) is 35.6. The lowest BCUT2D eigenvalue weighted by atomic mass is 10.0. The summed E-state index contributed by atoms with van der Waals surface area (Å²) in [6, 6.07) is -0.891. The van der Waals surface area contributed by atoms with Gasteiger partial charge in [0.2, 0.25) is 5.91 Å². The van der Waals surface area contributed by atoms with Crippen LogP contribution in [0.2, 0.25) is 0 Å². The Morgan fingerprint density at radius 1 is 0.422 bits per heavy atom. The summed E-state index contributed by atoms with van der Waals surface area (Å²) in [5, 5.41) is 3.04. The maximum absolute atomic E-state index is 13.6. The summed E-state index contributed by atoms with van der Waals surface area (Å²) in [4.78, 5) is 40.2. The Morgan fingerprint density at radius 2 is 0.735 bits per heavy atom. The number of esters is 1. The maximum Gasteiger partial charge on any atom is 0.306 e. The van der Waals surface area contributed by atoms with Crippen LogP contribution >= 0.6 is 7.82 Å². The number of nitrogens with one attached hydrogen (secondary N) is 1. The number of phosphoric ester groups is 1. The van der Waals surface area contributed by atoms with Crippen molar-refractivity contribution in [2.45, 2.75) is 354 Å². The number of rotatable bonds is 65. The first kappa shape index (κ1) is 80.7. The number of likely N-dealkylation sites (N-methyl/N-ethyl adjacent to an activating group) is 1. The van der Waals surface area contributed by atoms with Gasteiger partial charge in [0.05, 0.1) is 33.8 Å². The van der Waals surface area contributed by atoms with E-state index in [1.807, 2.05) is 33.3 Å². The van der Waals surface area contributed by atoms with Crippen LogP contribution in [0.4, 0.5) is 0 Å². The first-order chi connectivity index (χ1) is 40.4. The van der Waals surface area contributed by atoms with Crippen LogP contribution in [0.1, 0.15) is 342 Å². The number of hydrogen-bond donors (Lipinski definition) is 1. The lowest BCUT2D eigenvalue weighted by molar-refractivity contribution is -0.870. The van der Waals surface area contributed by atoms with Gasteiger partial charge in [-0.25, -0.2) is 0 Å². The normalized spacial score (nSPS) is 13.9. The molecule has 486 valence electrons. The van der Waals surface area contributed by atoms with Crippen molar-refractivity contribution in [2.24, 2.45) is 0 Å². The van der Waals surface area contributed by atoms with Crippen LogP contribution in [0, 0.1) is 0 Å². The van der Waals surface area contributed by atoms with Crippen LogP contribution in [0.25, 0.3) is 0 Å². The van der Waals surface area contributed by atoms with E-state index in [4.69, 9.17) is 13.8 Å². The minimum Gasteiger partial charge on any atom is -0.756 e. The summed E-state index contributed by atoms with van der Waals surface area (Å²) < 4.78 is 30.4. The van der Waals surface area contributed by atoms with Gasteiger partial charge in [0.15, 0.2) is 0 Å². The molecule has 0 aliphatic carbocycles. The molecule has 3 atom stereocenters. The van der Waals surface area contributed by atoms with E-state index in [1.165, 1.54) is 225 Å². The second kappa shape index (κ2) is 62.8. The smallest absolute Gasteiger partial charge is 0.306 e. The molecule has 0 bridgehead atoms. The Morgan fingerprint density at radius 3 is 1.13 bits per heavy atom. The van der Waals surface area contributed by atoms with E-state index in [0.717, 1.165) is 83.5 Å². The fourth-order valence-corrected chi connectivity index (χ4v) is 11.1. The van der Waals surface area contributed by atoms with Gasteiger partial charge < -0.3 is 28.5 Å². The lowest BCUT2D eigenvalue weighted by Crippen LogP contribution is -2.47. The zero-order valence-corrected chi connectivity index (χ0v) is 56.6. The minimum absolute atomic E-state index is 0.0231. The van der Waals surface area contributed by atoms with Crippen molar-refractivity contribution >= 4 is 19.7 Å². The SMILES string of the molecule is CCCCC/C=C\C/C=C\C/C=C\CCCCCCCCCCCCC(=O)NC(COP(=O)([O-])OCC[N+](C)(C)C)C(/C=C/CCCCCCCCCCC)OC(=O)CCCCCCCCCCCCCCC/C=C/CCCCCCCC. The highest BCUT2D eigenvalue weighted by molar-refractivity contribution is 7.45. The van der Waals surface area contributed by atoms with E-state index in [0.29, 0.717) is 17.4 Å². The summed E-state index contributed by atoms with van der Waals surface area (Å²) in [5.74, 6) is -0.534. The molecule has 0 aromatic heterocycles. The molecule has 0 heterocycles. The summed E-state index contributed by atoms with van der Waals surface area (Å²) in [6.45, 7) is 6.84. The van der Waals surface area contributed by atoms with Crippen LogP contribution in [-0.2, 0) is 27.9 Å². The number of allylic oxidation sites excluding steroid dienone is 9. The summed E-state index contributed by atoms with van der Waals surface area (Å²) in [6.07, 6.45) is 80.6. The number of ether oxygens (including phenoxy) is 1. The zero-order valence-electron chi connectivity index (χ0n) is 55.7. The van der Waals surface area contributed by atoms with Crippen LogP contribution in [0.5, 0.6) is 0 Å². The second-order valence-corrected chi connectivity index (χ2v) is 26.8. The topological polar surface area (TPSA) is 114 Å². The van der Waals surface area contributed by atoms with E-state index < -0.39 is 20.0 Å². The zero-order chi connectivity index (χ0) is 60.7. The maximum atomic E-state index is 13.6. The molecular weight excluding hydrogens is 1050 g/mol. The molecule has 0 fully saturated rings. The monoisotopic (exact) mass is 1190 g/mol. The Bertz CT molecular complexity index is 1600. The number of hydrogen-bond acceptors (Lipinski definition) is 7. The third kappa shape index (κ3) is 64.0. The molecule has 0 aliphatic heterocycles. The molecule has 9 nitrogen and oxygen atoms in total. The number of amides is 1. The highest BCUT2D eigenvalue weighted by Gasteiger charge is 2.27. The van der Waals surface area contributed by atoms with Gasteiger partial charge in [0.25, 0.3) is 7.82 Å². The van der Waals surface area contributed by atoms with Crippen LogP contribution < -0.4 is 10.2 Å². The van der Waals surface area contributed by atoms with E-state index in [1.54, 1.807) is 0 Å². The first-order valence-corrected chi connectivity index (χ1v) is 37.1. The van der Waals surface area contributed by atoms with Gasteiger partial charge >= 0.3 is 5.97 Å². The van der Waals surface area contributed by atoms with Gasteiger partial charge in [-0.1, -0.05) is 294 Å². The number of unbranched alkanes of at least 4 members (excludes halogenated alkanes) is 41. The van der Waals surface area contributed by atoms with E-state index >= 15 is 0 Å². The molecule has 0 aromatic rings. The number of quaternary nitrogens is 1. The molecule has 1 amide bonds. The number of phosphoric acid groups is 1. The minimum atomic E-state index is -4.70. The van der Waals surface area contributed by atoms with Crippen molar-refractivity contribution in [3.05, 3.63) is 60.8 Å². The Labute approximate surface area is 515 Å². The van der Waals surface area contributed by atoms with Crippen molar-refractivity contribution in [3.8, 4) is 0 Å². The average molecular weight is 1190 g/mol. The molecule has 1 N–H and O–H groups in total. The third-order valence-electron chi connectivity index (χ3n) is 15.9. The molecule has 0 saturated heterocycles. The summed E-state index contributed by atoms with van der Waals surface area (Å²) in [5.41, 5.74) is 0. The van der Waals surface area contributed by atoms with Crippen molar-refractivity contribution in [1.82, 2.24) is 5.32 Å². The number of carbonyl (C=O) groups is 2. The van der Waals surface area contributed by atoms with E-state index in [9.17, 15) is 19.0 Å². The molecule has 0 saturated carbocycles. The molecule has 83 heavy (non-hydrogen) atoms. The number of carbonyl (C=O) groups excluding carboxylic acids is 2. The lowest BCUT2D eigenvalue weighted by Gasteiger charge is -2.30. The van der Waals surface area contributed by atoms with Gasteiger partial charge in [-0.05, 0) is 96.0 Å². The van der Waals surface area contributed by atoms with Crippen molar-refractivity contribution in [1.29, 1.82) is 0 Å². The van der Waals surface area contributed by atoms with E-state index in [2.05, 4.69) is 74.7 Å². The molecule has 0 rings (SSSR count).